The Balaban J connectivity index is 1.54. The maximum Gasteiger partial charge on any atom is 0.223 e. The number of fused-ring (bicyclic) bond motifs is 1. The fraction of sp³-hybridized carbons (Fsp3) is 0.286. The van der Waals surface area contributed by atoms with E-state index in [0.717, 1.165) is 17.1 Å². The van der Waals surface area contributed by atoms with Crippen LogP contribution in [0, 0.1) is 0 Å². The van der Waals surface area contributed by atoms with Crippen LogP contribution in [0.25, 0.3) is 21.3 Å². The molecule has 1 N–H and O–H groups in total. The zero-order valence-electron chi connectivity index (χ0n) is 16.1. The van der Waals surface area contributed by atoms with Crippen molar-refractivity contribution < 1.29 is 4.42 Å². The third-order valence-corrected chi connectivity index (χ3v) is 6.00. The first-order chi connectivity index (χ1) is 13.5. The minimum atomic E-state index is -0.216. The standard InChI is InChI=1S/C21H22N4OS2/c1-21(2,13-22-27-3)20-25-24-18(26-20)12-19-23-16-10-9-15(11-17(16)28-19)14-7-5-4-6-8-14/h4-11,22H,12-13H2,1-3H3. The number of hydrogen-bond donors (Lipinski definition) is 1. The molecule has 2 aromatic carbocycles. The highest BCUT2D eigenvalue weighted by molar-refractivity contribution is 7.96. The van der Waals surface area contributed by atoms with E-state index in [1.165, 1.54) is 15.8 Å². The smallest absolute Gasteiger partial charge is 0.223 e. The van der Waals surface area contributed by atoms with Gasteiger partial charge in [0.25, 0.3) is 0 Å². The highest BCUT2D eigenvalue weighted by Crippen LogP contribution is 2.29. The summed E-state index contributed by atoms with van der Waals surface area (Å²) in [5.41, 5.74) is 3.20. The Bertz CT molecular complexity index is 1070. The lowest BCUT2D eigenvalue weighted by Gasteiger charge is -2.19. The molecule has 0 aliphatic rings. The molecule has 0 unspecified atom stereocenters. The summed E-state index contributed by atoms with van der Waals surface area (Å²) in [6.45, 7) is 4.95. The Labute approximate surface area is 172 Å². The van der Waals surface area contributed by atoms with Crippen molar-refractivity contribution in [1.29, 1.82) is 0 Å². The number of thiazole rings is 1. The minimum Gasteiger partial charge on any atom is -0.424 e. The molecular weight excluding hydrogens is 388 g/mol. The van der Waals surface area contributed by atoms with Gasteiger partial charge < -0.3 is 4.42 Å². The monoisotopic (exact) mass is 410 g/mol. The van der Waals surface area contributed by atoms with Crippen LogP contribution in [-0.2, 0) is 11.8 Å². The SMILES string of the molecule is CSNCC(C)(C)c1nnc(Cc2nc3ccc(-c4ccccc4)cc3s2)o1. The van der Waals surface area contributed by atoms with Crippen LogP contribution in [-0.4, -0.2) is 28.0 Å². The van der Waals surface area contributed by atoms with E-state index in [2.05, 4.69) is 71.2 Å². The van der Waals surface area contributed by atoms with Crippen LogP contribution < -0.4 is 4.72 Å². The van der Waals surface area contributed by atoms with E-state index in [0.29, 0.717) is 18.2 Å². The van der Waals surface area contributed by atoms with E-state index in [4.69, 9.17) is 9.40 Å². The molecule has 0 bridgehead atoms. The Morgan fingerprint density at radius 2 is 1.89 bits per heavy atom. The van der Waals surface area contributed by atoms with Crippen LogP contribution in [0.5, 0.6) is 0 Å². The van der Waals surface area contributed by atoms with Crippen molar-refractivity contribution in [2.45, 2.75) is 25.7 Å². The van der Waals surface area contributed by atoms with Gasteiger partial charge in [-0.2, -0.15) is 0 Å². The third-order valence-electron chi connectivity index (χ3n) is 4.55. The lowest BCUT2D eigenvalue weighted by Crippen LogP contribution is -2.29. The lowest BCUT2D eigenvalue weighted by molar-refractivity contribution is 0.356. The quantitative estimate of drug-likeness (QED) is 0.429. The maximum absolute atomic E-state index is 5.93. The van der Waals surface area contributed by atoms with Gasteiger partial charge in [0, 0.05) is 6.54 Å². The van der Waals surface area contributed by atoms with Crippen molar-refractivity contribution >= 4 is 33.5 Å². The van der Waals surface area contributed by atoms with Gasteiger partial charge >= 0.3 is 0 Å². The molecule has 0 aliphatic carbocycles. The average Bonchev–Trinajstić information content (AvgIpc) is 3.33. The molecule has 0 radical (unpaired) electrons. The average molecular weight is 411 g/mol. The van der Waals surface area contributed by atoms with Gasteiger partial charge in [0.15, 0.2) is 0 Å². The molecule has 0 amide bonds. The number of nitrogens with one attached hydrogen (secondary N) is 1. The van der Waals surface area contributed by atoms with Gasteiger partial charge in [-0.3, -0.25) is 4.72 Å². The van der Waals surface area contributed by atoms with Crippen molar-refractivity contribution in [3.05, 3.63) is 65.3 Å². The fourth-order valence-corrected chi connectivity index (χ4v) is 4.42. The summed E-state index contributed by atoms with van der Waals surface area (Å²) < 4.78 is 10.4. The van der Waals surface area contributed by atoms with Gasteiger partial charge in [0.2, 0.25) is 11.8 Å². The molecule has 28 heavy (non-hydrogen) atoms. The lowest BCUT2D eigenvalue weighted by atomic mass is 9.94. The Hall–Kier alpha value is -2.22. The van der Waals surface area contributed by atoms with Crippen molar-refractivity contribution in [3.8, 4) is 11.1 Å². The van der Waals surface area contributed by atoms with Crippen molar-refractivity contribution in [3.63, 3.8) is 0 Å². The molecule has 0 atom stereocenters. The second-order valence-electron chi connectivity index (χ2n) is 7.24. The maximum atomic E-state index is 5.93. The predicted octanol–water partition coefficient (Wildman–Crippen LogP) is 5.08. The molecule has 0 saturated carbocycles. The van der Waals surface area contributed by atoms with Gasteiger partial charge in [0.1, 0.15) is 5.01 Å². The molecule has 4 rings (SSSR count). The summed E-state index contributed by atoms with van der Waals surface area (Å²) in [5.74, 6) is 1.26. The molecule has 0 aliphatic heterocycles. The molecule has 0 fully saturated rings. The van der Waals surface area contributed by atoms with Crippen molar-refractivity contribution in [2.24, 2.45) is 0 Å². The summed E-state index contributed by atoms with van der Waals surface area (Å²) in [5, 5.41) is 9.47. The van der Waals surface area contributed by atoms with Crippen LogP contribution in [0.4, 0.5) is 0 Å². The number of hydrogen-bond acceptors (Lipinski definition) is 7. The summed E-state index contributed by atoms with van der Waals surface area (Å²) in [6.07, 6.45) is 2.56. The Morgan fingerprint density at radius 1 is 1.07 bits per heavy atom. The molecule has 2 aromatic heterocycles. The van der Waals surface area contributed by atoms with Crippen molar-refractivity contribution in [1.82, 2.24) is 19.9 Å². The number of aromatic nitrogens is 3. The fourth-order valence-electron chi connectivity index (χ4n) is 2.91. The highest BCUT2D eigenvalue weighted by Gasteiger charge is 2.27. The van der Waals surface area contributed by atoms with Crippen LogP contribution in [0.2, 0.25) is 0 Å². The van der Waals surface area contributed by atoms with E-state index in [-0.39, 0.29) is 5.41 Å². The highest BCUT2D eigenvalue weighted by atomic mass is 32.2. The molecular formula is C21H22N4OS2. The Morgan fingerprint density at radius 3 is 2.68 bits per heavy atom. The van der Waals surface area contributed by atoms with Crippen LogP contribution in [0.1, 0.15) is 30.6 Å². The summed E-state index contributed by atoms with van der Waals surface area (Å²) in [6, 6.07) is 16.8. The number of nitrogens with zero attached hydrogens (tertiary/aromatic N) is 3. The van der Waals surface area contributed by atoms with E-state index < -0.39 is 0 Å². The van der Waals surface area contributed by atoms with Crippen LogP contribution >= 0.6 is 23.3 Å². The molecule has 144 valence electrons. The predicted molar refractivity (Wildman–Crippen MR) is 117 cm³/mol. The van der Waals surface area contributed by atoms with Crippen molar-refractivity contribution in [2.75, 3.05) is 12.8 Å². The second-order valence-corrected chi connectivity index (χ2v) is 9.06. The normalized spacial score (nSPS) is 12.0. The molecule has 4 aromatic rings. The van der Waals surface area contributed by atoms with E-state index in [9.17, 15) is 0 Å². The molecule has 0 saturated heterocycles. The van der Waals surface area contributed by atoms with Gasteiger partial charge in [-0.25, -0.2) is 4.98 Å². The topological polar surface area (TPSA) is 63.8 Å². The van der Waals surface area contributed by atoms with Gasteiger partial charge in [-0.1, -0.05) is 48.3 Å². The molecule has 0 spiro atoms. The first-order valence-electron chi connectivity index (χ1n) is 9.09. The zero-order chi connectivity index (χ0) is 19.6. The van der Waals surface area contributed by atoms with E-state index in [1.54, 1.807) is 23.3 Å². The Kier molecular flexibility index (Phi) is 5.48. The van der Waals surface area contributed by atoms with Gasteiger partial charge in [-0.15, -0.1) is 21.5 Å². The zero-order valence-corrected chi connectivity index (χ0v) is 17.7. The van der Waals surface area contributed by atoms with Gasteiger partial charge in [-0.05, 0) is 43.4 Å². The second kappa shape index (κ2) is 8.03. The number of benzene rings is 2. The first kappa shape index (κ1) is 19.1. The largest absolute Gasteiger partial charge is 0.424 e. The van der Waals surface area contributed by atoms with Crippen LogP contribution in [0.3, 0.4) is 0 Å². The van der Waals surface area contributed by atoms with Gasteiger partial charge in [0.05, 0.1) is 22.1 Å². The van der Waals surface area contributed by atoms with Crippen LogP contribution in [0.15, 0.2) is 52.9 Å². The number of rotatable bonds is 7. The summed E-state index contributed by atoms with van der Waals surface area (Å²) >= 11 is 3.26. The first-order valence-corrected chi connectivity index (χ1v) is 11.1. The van der Waals surface area contributed by atoms with E-state index in [1.807, 2.05) is 12.3 Å². The third kappa shape index (κ3) is 4.11. The minimum absolute atomic E-state index is 0.216. The summed E-state index contributed by atoms with van der Waals surface area (Å²) in [4.78, 5) is 4.74. The van der Waals surface area contributed by atoms with E-state index >= 15 is 0 Å². The molecule has 5 nitrogen and oxygen atoms in total. The summed E-state index contributed by atoms with van der Waals surface area (Å²) in [7, 11) is 0. The molecule has 2 heterocycles. The molecule has 7 heteroatoms.